The summed E-state index contributed by atoms with van der Waals surface area (Å²) in [6, 6.07) is 8.18. The van der Waals surface area contributed by atoms with Crippen LogP contribution in [-0.2, 0) is 13.0 Å². The van der Waals surface area contributed by atoms with Gasteiger partial charge in [0.15, 0.2) is 0 Å². The SMILES string of the molecule is CCc1ccccc1-n1[nH]cc(-c2nnn(CC)n2)c1=S. The van der Waals surface area contributed by atoms with Crippen molar-refractivity contribution in [3.05, 3.63) is 40.7 Å². The average molecular weight is 300 g/mol. The van der Waals surface area contributed by atoms with Crippen LogP contribution < -0.4 is 0 Å². The molecule has 0 aliphatic heterocycles. The number of hydrogen-bond donors (Lipinski definition) is 1. The number of nitrogens with zero attached hydrogens (tertiary/aromatic N) is 5. The quantitative estimate of drug-likeness (QED) is 0.753. The molecule has 0 saturated heterocycles. The zero-order valence-corrected chi connectivity index (χ0v) is 12.8. The van der Waals surface area contributed by atoms with Crippen LogP contribution in [0.25, 0.3) is 17.1 Å². The van der Waals surface area contributed by atoms with Crippen LogP contribution in [0.5, 0.6) is 0 Å². The number of para-hydroxylation sites is 1. The van der Waals surface area contributed by atoms with Gasteiger partial charge in [0.2, 0.25) is 5.82 Å². The number of tetrazole rings is 1. The summed E-state index contributed by atoms with van der Waals surface area (Å²) in [6.45, 7) is 4.78. The third-order valence-corrected chi connectivity index (χ3v) is 3.76. The lowest BCUT2D eigenvalue weighted by Gasteiger charge is -2.08. The van der Waals surface area contributed by atoms with E-state index in [4.69, 9.17) is 12.2 Å². The smallest absolute Gasteiger partial charge is 0.209 e. The van der Waals surface area contributed by atoms with Crippen LogP contribution in [0.3, 0.4) is 0 Å². The van der Waals surface area contributed by atoms with E-state index in [-0.39, 0.29) is 0 Å². The molecule has 3 aromatic rings. The lowest BCUT2D eigenvalue weighted by atomic mass is 10.1. The van der Waals surface area contributed by atoms with Gasteiger partial charge in [-0.1, -0.05) is 37.3 Å². The van der Waals surface area contributed by atoms with E-state index in [1.54, 1.807) is 4.80 Å². The van der Waals surface area contributed by atoms with E-state index >= 15 is 0 Å². The molecule has 21 heavy (non-hydrogen) atoms. The maximum Gasteiger partial charge on any atom is 0.209 e. The minimum Gasteiger partial charge on any atom is -0.299 e. The Labute approximate surface area is 127 Å². The molecular formula is C14H16N6S. The van der Waals surface area contributed by atoms with Crippen molar-refractivity contribution < 1.29 is 0 Å². The largest absolute Gasteiger partial charge is 0.299 e. The van der Waals surface area contributed by atoms with Crippen LogP contribution in [-0.4, -0.2) is 30.0 Å². The first-order valence-electron chi connectivity index (χ1n) is 6.91. The van der Waals surface area contributed by atoms with E-state index in [0.29, 0.717) is 17.0 Å². The Morgan fingerprint density at radius 3 is 2.76 bits per heavy atom. The number of hydrogen-bond acceptors (Lipinski definition) is 4. The van der Waals surface area contributed by atoms with Crippen LogP contribution in [0.4, 0.5) is 0 Å². The molecule has 0 amide bonds. The van der Waals surface area contributed by atoms with E-state index < -0.39 is 0 Å². The molecule has 0 aliphatic carbocycles. The van der Waals surface area contributed by atoms with Crippen LogP contribution in [0.1, 0.15) is 19.4 Å². The molecule has 0 fully saturated rings. The third-order valence-electron chi connectivity index (χ3n) is 3.36. The Balaban J connectivity index is 2.09. The molecule has 0 bridgehead atoms. The molecule has 108 valence electrons. The fraction of sp³-hybridized carbons (Fsp3) is 0.286. The third kappa shape index (κ3) is 2.40. The Hall–Kier alpha value is -2.28. The first-order chi connectivity index (χ1) is 10.2. The second kappa shape index (κ2) is 5.61. The summed E-state index contributed by atoms with van der Waals surface area (Å²) in [5, 5.41) is 15.5. The maximum absolute atomic E-state index is 5.56. The summed E-state index contributed by atoms with van der Waals surface area (Å²) in [7, 11) is 0. The van der Waals surface area contributed by atoms with Crippen molar-refractivity contribution in [3.8, 4) is 17.1 Å². The Morgan fingerprint density at radius 1 is 1.24 bits per heavy atom. The number of aromatic amines is 1. The fourth-order valence-electron chi connectivity index (χ4n) is 2.22. The van der Waals surface area contributed by atoms with Gasteiger partial charge in [-0.2, -0.15) is 4.80 Å². The molecule has 0 aliphatic rings. The van der Waals surface area contributed by atoms with Crippen molar-refractivity contribution in [2.75, 3.05) is 0 Å². The molecule has 0 unspecified atom stereocenters. The van der Waals surface area contributed by atoms with Gasteiger partial charge in [0.1, 0.15) is 4.64 Å². The number of aryl methyl sites for hydroxylation is 2. The van der Waals surface area contributed by atoms with Gasteiger partial charge < -0.3 is 0 Å². The molecule has 1 N–H and O–H groups in total. The van der Waals surface area contributed by atoms with Gasteiger partial charge in [0.05, 0.1) is 17.8 Å². The molecule has 2 aromatic heterocycles. The minimum atomic E-state index is 0.547. The highest BCUT2D eigenvalue weighted by molar-refractivity contribution is 7.71. The molecular weight excluding hydrogens is 284 g/mol. The predicted octanol–water partition coefficient (Wildman–Crippen LogP) is 2.77. The summed E-state index contributed by atoms with van der Waals surface area (Å²) in [5.74, 6) is 0.547. The van der Waals surface area contributed by atoms with Gasteiger partial charge >= 0.3 is 0 Å². The topological polar surface area (TPSA) is 64.3 Å². The van der Waals surface area contributed by atoms with Crippen LogP contribution >= 0.6 is 12.2 Å². The van der Waals surface area contributed by atoms with E-state index in [1.165, 1.54) is 5.56 Å². The second-order valence-corrected chi connectivity index (χ2v) is 5.00. The first kappa shape index (κ1) is 13.7. The van der Waals surface area contributed by atoms with Crippen LogP contribution in [0.2, 0.25) is 0 Å². The summed E-state index contributed by atoms with van der Waals surface area (Å²) >= 11 is 5.56. The molecule has 0 radical (unpaired) electrons. The van der Waals surface area contributed by atoms with Gasteiger partial charge in [-0.05, 0) is 30.2 Å². The predicted molar refractivity (Wildman–Crippen MR) is 82.8 cm³/mol. The lowest BCUT2D eigenvalue weighted by molar-refractivity contribution is 0.553. The monoisotopic (exact) mass is 300 g/mol. The molecule has 2 heterocycles. The normalized spacial score (nSPS) is 11.0. The summed E-state index contributed by atoms with van der Waals surface area (Å²) in [5.41, 5.74) is 3.07. The highest BCUT2D eigenvalue weighted by Gasteiger charge is 2.13. The number of rotatable bonds is 4. The zero-order valence-electron chi connectivity index (χ0n) is 11.9. The number of nitrogens with one attached hydrogen (secondary N) is 1. The Bertz CT molecular complexity index is 813. The zero-order chi connectivity index (χ0) is 14.8. The Morgan fingerprint density at radius 2 is 2.05 bits per heavy atom. The van der Waals surface area contributed by atoms with E-state index in [0.717, 1.165) is 17.7 Å². The highest BCUT2D eigenvalue weighted by Crippen LogP contribution is 2.21. The Kier molecular flexibility index (Phi) is 3.66. The molecule has 0 saturated carbocycles. The summed E-state index contributed by atoms with van der Waals surface area (Å²) in [4.78, 5) is 1.54. The molecule has 7 heteroatoms. The maximum atomic E-state index is 5.56. The van der Waals surface area contributed by atoms with Crippen molar-refractivity contribution >= 4 is 12.2 Å². The van der Waals surface area contributed by atoms with Gasteiger partial charge in [-0.25, -0.2) is 4.68 Å². The van der Waals surface area contributed by atoms with Gasteiger partial charge in [-0.3, -0.25) is 5.10 Å². The van der Waals surface area contributed by atoms with Crippen molar-refractivity contribution in [3.63, 3.8) is 0 Å². The minimum absolute atomic E-state index is 0.547. The van der Waals surface area contributed by atoms with E-state index in [2.05, 4.69) is 33.5 Å². The van der Waals surface area contributed by atoms with E-state index in [9.17, 15) is 0 Å². The lowest BCUT2D eigenvalue weighted by Crippen LogP contribution is -2.00. The van der Waals surface area contributed by atoms with Crippen molar-refractivity contribution in [1.29, 1.82) is 0 Å². The highest BCUT2D eigenvalue weighted by atomic mass is 32.1. The van der Waals surface area contributed by atoms with E-state index in [1.807, 2.05) is 36.0 Å². The van der Waals surface area contributed by atoms with Crippen molar-refractivity contribution in [2.45, 2.75) is 26.8 Å². The molecule has 6 nitrogen and oxygen atoms in total. The molecule has 3 rings (SSSR count). The van der Waals surface area contributed by atoms with Crippen LogP contribution in [0, 0.1) is 4.64 Å². The average Bonchev–Trinajstić information content (AvgIpc) is 3.13. The summed E-state index contributed by atoms with van der Waals surface area (Å²) < 4.78 is 2.54. The second-order valence-electron chi connectivity index (χ2n) is 4.61. The van der Waals surface area contributed by atoms with Crippen molar-refractivity contribution in [1.82, 2.24) is 30.0 Å². The molecule has 0 spiro atoms. The van der Waals surface area contributed by atoms with Crippen molar-refractivity contribution in [2.24, 2.45) is 0 Å². The summed E-state index contributed by atoms with van der Waals surface area (Å²) in [6.07, 6.45) is 2.77. The van der Waals surface area contributed by atoms with Crippen LogP contribution in [0.15, 0.2) is 30.5 Å². The molecule has 0 atom stereocenters. The first-order valence-corrected chi connectivity index (χ1v) is 7.32. The van der Waals surface area contributed by atoms with Gasteiger partial charge in [-0.15, -0.1) is 10.2 Å². The number of benzene rings is 1. The number of aromatic nitrogens is 6. The fourth-order valence-corrected chi connectivity index (χ4v) is 2.52. The standard InChI is InChI=1S/C14H16N6S/c1-3-10-7-5-6-8-12(10)20-14(21)11(9-15-20)13-16-18-19(4-2)17-13/h5-9,15H,3-4H2,1-2H3. The molecule has 1 aromatic carbocycles. The van der Waals surface area contributed by atoms with Gasteiger partial charge in [0.25, 0.3) is 0 Å². The number of H-pyrrole nitrogens is 1. The van der Waals surface area contributed by atoms with Gasteiger partial charge in [0, 0.05) is 6.20 Å².